The van der Waals surface area contributed by atoms with Gasteiger partial charge in [0, 0.05) is 18.3 Å². The fraction of sp³-hybridized carbons (Fsp3) is 0.667. The average Bonchev–Trinajstić information content (AvgIpc) is 2.40. The molecule has 0 saturated heterocycles. The SMILES string of the molecule is CC1CC(C)(C)CCC1Nc1cccc(CCCO)c1. The largest absolute Gasteiger partial charge is 0.396 e. The van der Waals surface area contributed by atoms with Gasteiger partial charge in [0.2, 0.25) is 0 Å². The first kappa shape index (κ1) is 15.4. The third-order valence-electron chi connectivity index (χ3n) is 4.60. The van der Waals surface area contributed by atoms with Gasteiger partial charge in [0.25, 0.3) is 0 Å². The van der Waals surface area contributed by atoms with E-state index in [-0.39, 0.29) is 6.61 Å². The summed E-state index contributed by atoms with van der Waals surface area (Å²) >= 11 is 0. The molecule has 0 bridgehead atoms. The molecule has 1 aromatic rings. The van der Waals surface area contributed by atoms with Gasteiger partial charge in [-0.3, -0.25) is 0 Å². The van der Waals surface area contributed by atoms with E-state index in [4.69, 9.17) is 5.11 Å². The van der Waals surface area contributed by atoms with Crippen molar-refractivity contribution in [3.8, 4) is 0 Å². The van der Waals surface area contributed by atoms with Crippen LogP contribution in [0.1, 0.15) is 52.0 Å². The maximum absolute atomic E-state index is 8.93. The van der Waals surface area contributed by atoms with Crippen LogP contribution in [0, 0.1) is 11.3 Å². The Morgan fingerprint density at radius 2 is 2.15 bits per heavy atom. The quantitative estimate of drug-likeness (QED) is 0.842. The predicted octanol–water partition coefficient (Wildman–Crippen LogP) is 4.24. The molecule has 20 heavy (non-hydrogen) atoms. The second-order valence-corrected chi connectivity index (χ2v) is 7.16. The standard InChI is InChI=1S/C18H29NO/c1-14-13-18(2,3)10-9-17(14)19-16-8-4-6-15(12-16)7-5-11-20/h4,6,8,12,14,17,19-20H,5,7,9-11,13H2,1-3H3. The zero-order valence-corrected chi connectivity index (χ0v) is 13.2. The molecule has 2 unspecified atom stereocenters. The molecule has 0 amide bonds. The van der Waals surface area contributed by atoms with Gasteiger partial charge in [-0.25, -0.2) is 0 Å². The first-order valence-corrected chi connectivity index (χ1v) is 7.96. The highest BCUT2D eigenvalue weighted by Crippen LogP contribution is 2.39. The lowest BCUT2D eigenvalue weighted by Crippen LogP contribution is -2.36. The van der Waals surface area contributed by atoms with Crippen molar-refractivity contribution >= 4 is 5.69 Å². The van der Waals surface area contributed by atoms with E-state index in [1.165, 1.54) is 30.5 Å². The van der Waals surface area contributed by atoms with E-state index < -0.39 is 0 Å². The number of nitrogens with one attached hydrogen (secondary N) is 1. The zero-order valence-electron chi connectivity index (χ0n) is 13.2. The highest BCUT2D eigenvalue weighted by Gasteiger charge is 2.32. The summed E-state index contributed by atoms with van der Waals surface area (Å²) < 4.78 is 0. The molecule has 2 atom stereocenters. The maximum Gasteiger partial charge on any atom is 0.0434 e. The molecular weight excluding hydrogens is 246 g/mol. The summed E-state index contributed by atoms with van der Waals surface area (Å²) in [6.07, 6.45) is 5.67. The normalized spacial score (nSPS) is 25.4. The summed E-state index contributed by atoms with van der Waals surface area (Å²) in [4.78, 5) is 0. The van der Waals surface area contributed by atoms with Crippen LogP contribution >= 0.6 is 0 Å². The molecular formula is C18H29NO. The predicted molar refractivity (Wildman–Crippen MR) is 86.1 cm³/mol. The van der Waals surface area contributed by atoms with Gasteiger partial charge in [-0.2, -0.15) is 0 Å². The summed E-state index contributed by atoms with van der Waals surface area (Å²) in [6, 6.07) is 9.26. The Kier molecular flexibility index (Phi) is 5.09. The van der Waals surface area contributed by atoms with E-state index >= 15 is 0 Å². The molecule has 2 N–H and O–H groups in total. The molecule has 1 aliphatic rings. The van der Waals surface area contributed by atoms with Gasteiger partial charge < -0.3 is 10.4 Å². The lowest BCUT2D eigenvalue weighted by atomic mass is 9.70. The molecule has 0 aliphatic heterocycles. The van der Waals surface area contributed by atoms with Gasteiger partial charge in [-0.1, -0.05) is 32.9 Å². The van der Waals surface area contributed by atoms with Gasteiger partial charge >= 0.3 is 0 Å². The molecule has 2 rings (SSSR count). The van der Waals surface area contributed by atoms with Crippen molar-refractivity contribution in [2.75, 3.05) is 11.9 Å². The number of hydrogen-bond acceptors (Lipinski definition) is 2. The minimum atomic E-state index is 0.270. The smallest absolute Gasteiger partial charge is 0.0434 e. The van der Waals surface area contributed by atoms with E-state index in [9.17, 15) is 0 Å². The van der Waals surface area contributed by atoms with Crippen molar-refractivity contribution in [1.82, 2.24) is 0 Å². The van der Waals surface area contributed by atoms with Crippen molar-refractivity contribution in [3.05, 3.63) is 29.8 Å². The van der Waals surface area contributed by atoms with Gasteiger partial charge in [0.1, 0.15) is 0 Å². The fourth-order valence-corrected chi connectivity index (χ4v) is 3.48. The maximum atomic E-state index is 8.93. The number of hydrogen-bond donors (Lipinski definition) is 2. The van der Waals surface area contributed by atoms with Gasteiger partial charge in [-0.05, 0) is 61.1 Å². The monoisotopic (exact) mass is 275 g/mol. The summed E-state index contributed by atoms with van der Waals surface area (Å²) in [7, 11) is 0. The van der Waals surface area contributed by atoms with E-state index in [0.29, 0.717) is 11.5 Å². The highest BCUT2D eigenvalue weighted by atomic mass is 16.2. The molecule has 0 radical (unpaired) electrons. The Hall–Kier alpha value is -1.02. The lowest BCUT2D eigenvalue weighted by molar-refractivity contribution is 0.177. The molecule has 1 aromatic carbocycles. The number of aliphatic hydroxyl groups excluding tert-OH is 1. The summed E-state index contributed by atoms with van der Waals surface area (Å²) in [5, 5.41) is 12.6. The first-order chi connectivity index (χ1) is 9.50. The summed E-state index contributed by atoms with van der Waals surface area (Å²) in [6.45, 7) is 7.41. The van der Waals surface area contributed by atoms with E-state index in [0.717, 1.165) is 18.8 Å². The van der Waals surface area contributed by atoms with Crippen molar-refractivity contribution in [2.45, 2.75) is 58.9 Å². The number of benzene rings is 1. The van der Waals surface area contributed by atoms with Gasteiger partial charge in [-0.15, -0.1) is 0 Å². The Balaban J connectivity index is 1.96. The first-order valence-electron chi connectivity index (χ1n) is 7.96. The molecule has 0 heterocycles. The zero-order chi connectivity index (χ0) is 14.6. The van der Waals surface area contributed by atoms with Crippen LogP contribution in [0.5, 0.6) is 0 Å². The Morgan fingerprint density at radius 3 is 2.85 bits per heavy atom. The van der Waals surface area contributed by atoms with Gasteiger partial charge in [0.15, 0.2) is 0 Å². The minimum Gasteiger partial charge on any atom is -0.396 e. The number of aryl methyl sites for hydroxylation is 1. The fourth-order valence-electron chi connectivity index (χ4n) is 3.48. The third-order valence-corrected chi connectivity index (χ3v) is 4.60. The van der Waals surface area contributed by atoms with Crippen LogP contribution in [-0.4, -0.2) is 17.8 Å². The second-order valence-electron chi connectivity index (χ2n) is 7.16. The van der Waals surface area contributed by atoms with E-state index in [1.54, 1.807) is 0 Å². The molecule has 0 spiro atoms. The third kappa shape index (κ3) is 4.24. The topological polar surface area (TPSA) is 32.3 Å². The minimum absolute atomic E-state index is 0.270. The van der Waals surface area contributed by atoms with Crippen LogP contribution in [0.3, 0.4) is 0 Å². The Morgan fingerprint density at radius 1 is 1.35 bits per heavy atom. The van der Waals surface area contributed by atoms with Crippen molar-refractivity contribution in [3.63, 3.8) is 0 Å². The van der Waals surface area contributed by atoms with Crippen LogP contribution in [0.4, 0.5) is 5.69 Å². The van der Waals surface area contributed by atoms with Crippen LogP contribution in [0.15, 0.2) is 24.3 Å². The highest BCUT2D eigenvalue weighted by molar-refractivity contribution is 5.46. The van der Waals surface area contributed by atoms with Gasteiger partial charge in [0.05, 0.1) is 0 Å². The van der Waals surface area contributed by atoms with Crippen molar-refractivity contribution in [2.24, 2.45) is 11.3 Å². The number of aliphatic hydroxyl groups is 1. The molecule has 1 fully saturated rings. The molecule has 2 nitrogen and oxygen atoms in total. The molecule has 1 aliphatic carbocycles. The average molecular weight is 275 g/mol. The van der Waals surface area contributed by atoms with Crippen molar-refractivity contribution in [1.29, 1.82) is 0 Å². The Bertz CT molecular complexity index is 427. The van der Waals surface area contributed by atoms with E-state index in [2.05, 4.69) is 50.4 Å². The lowest BCUT2D eigenvalue weighted by Gasteiger charge is -2.40. The molecule has 2 heteroatoms. The summed E-state index contributed by atoms with van der Waals surface area (Å²) in [5.74, 6) is 0.722. The number of anilines is 1. The van der Waals surface area contributed by atoms with Crippen LogP contribution in [-0.2, 0) is 6.42 Å². The molecule has 0 aromatic heterocycles. The molecule has 112 valence electrons. The summed E-state index contributed by atoms with van der Waals surface area (Å²) in [5.41, 5.74) is 3.05. The van der Waals surface area contributed by atoms with Crippen LogP contribution in [0.2, 0.25) is 0 Å². The van der Waals surface area contributed by atoms with Crippen molar-refractivity contribution < 1.29 is 5.11 Å². The Labute approximate surface area is 123 Å². The molecule has 1 saturated carbocycles. The number of rotatable bonds is 5. The second kappa shape index (κ2) is 6.62. The van der Waals surface area contributed by atoms with Crippen LogP contribution in [0.25, 0.3) is 0 Å². The van der Waals surface area contributed by atoms with Crippen LogP contribution < -0.4 is 5.32 Å². The van der Waals surface area contributed by atoms with E-state index in [1.807, 2.05) is 0 Å².